The molecule has 0 amide bonds. The van der Waals surface area contributed by atoms with Gasteiger partial charge in [-0.05, 0) is 12.8 Å². The number of ether oxygens (including phenoxy) is 5. The van der Waals surface area contributed by atoms with Crippen LogP contribution in [0.4, 0.5) is 0 Å². The third-order valence-corrected chi connectivity index (χ3v) is 14.5. The number of rotatable bonds is 47. The van der Waals surface area contributed by atoms with Crippen molar-refractivity contribution in [3.63, 3.8) is 0 Å². The lowest BCUT2D eigenvalue weighted by atomic mass is 9.99. The van der Waals surface area contributed by atoms with E-state index in [0.717, 1.165) is 44.9 Å². The van der Waals surface area contributed by atoms with Crippen molar-refractivity contribution in [3.8, 4) is 0 Å². The molecule has 2 saturated heterocycles. The molecule has 408 valence electrons. The van der Waals surface area contributed by atoms with Crippen molar-refractivity contribution in [2.75, 3.05) is 19.8 Å². The predicted molar refractivity (Wildman–Crippen MR) is 272 cm³/mol. The van der Waals surface area contributed by atoms with Crippen molar-refractivity contribution in [1.82, 2.24) is 0 Å². The standard InChI is InChI=1S/C56H106O13/c1-3-5-7-9-11-13-15-17-19-21-23-25-27-29-31-33-35-37-39-41-48(59)65-45-56(69-55-53(64)52(63)50(61)46(43-57)66-55)54(51(62)47(44-58)68-56)67-49(60)42-40-38-36-34-32-30-28-26-24-22-20-18-16-14-12-10-8-6-4-2/h46-47,50-55,57-58,61-64H,3-45H2,1-2H3/t46-,47-,50-,51-,52+,53-,54+,55-,56+/m1/s1. The molecule has 0 saturated carbocycles. The number of hydrogen-bond donors (Lipinski definition) is 6. The molecule has 13 nitrogen and oxygen atoms in total. The lowest BCUT2D eigenvalue weighted by molar-refractivity contribution is -0.384. The molecule has 0 bridgehead atoms. The number of esters is 2. The molecular formula is C56H106O13. The average Bonchev–Trinajstić information content (AvgIpc) is 3.60. The summed E-state index contributed by atoms with van der Waals surface area (Å²) in [5, 5.41) is 63.0. The second-order valence-electron chi connectivity index (χ2n) is 20.8. The van der Waals surface area contributed by atoms with Gasteiger partial charge in [-0.25, -0.2) is 0 Å². The molecular weight excluding hydrogens is 881 g/mol. The largest absolute Gasteiger partial charge is 0.460 e. The monoisotopic (exact) mass is 987 g/mol. The normalized spacial score (nSPS) is 24.8. The van der Waals surface area contributed by atoms with Crippen LogP contribution in [-0.2, 0) is 33.3 Å². The number of hydrogen-bond acceptors (Lipinski definition) is 13. The molecule has 2 heterocycles. The minimum atomic E-state index is -2.27. The summed E-state index contributed by atoms with van der Waals surface area (Å²) in [7, 11) is 0. The van der Waals surface area contributed by atoms with E-state index in [-0.39, 0.29) is 12.8 Å². The zero-order valence-corrected chi connectivity index (χ0v) is 44.1. The van der Waals surface area contributed by atoms with Crippen LogP contribution in [0, 0.1) is 0 Å². The third-order valence-electron chi connectivity index (χ3n) is 14.5. The molecule has 0 radical (unpaired) electrons. The highest BCUT2D eigenvalue weighted by Gasteiger charge is 2.62. The topological polar surface area (TPSA) is 202 Å². The Morgan fingerprint density at radius 2 is 0.754 bits per heavy atom. The second-order valence-corrected chi connectivity index (χ2v) is 20.8. The maximum Gasteiger partial charge on any atom is 0.306 e. The average molecular weight is 987 g/mol. The van der Waals surface area contributed by atoms with Crippen LogP contribution in [0.1, 0.15) is 271 Å². The van der Waals surface area contributed by atoms with Gasteiger partial charge in [0.25, 0.3) is 0 Å². The van der Waals surface area contributed by atoms with Crippen LogP contribution >= 0.6 is 0 Å². The number of unbranched alkanes of at least 4 members (excludes halogenated alkanes) is 36. The highest BCUT2D eigenvalue weighted by atomic mass is 16.8. The number of aliphatic hydroxyl groups is 6. The summed E-state index contributed by atoms with van der Waals surface area (Å²) >= 11 is 0. The minimum Gasteiger partial charge on any atom is -0.460 e. The van der Waals surface area contributed by atoms with Crippen LogP contribution in [0.2, 0.25) is 0 Å². The maximum atomic E-state index is 13.3. The minimum absolute atomic E-state index is 0.0428. The molecule has 0 aromatic carbocycles. The van der Waals surface area contributed by atoms with Crippen molar-refractivity contribution in [3.05, 3.63) is 0 Å². The summed E-state index contributed by atoms with van der Waals surface area (Å²) in [4.78, 5) is 26.4. The van der Waals surface area contributed by atoms with E-state index in [9.17, 15) is 40.2 Å². The third kappa shape index (κ3) is 28.6. The van der Waals surface area contributed by atoms with Crippen LogP contribution < -0.4 is 0 Å². The number of carbonyl (C=O) groups is 2. The van der Waals surface area contributed by atoms with E-state index in [4.69, 9.17) is 23.7 Å². The number of aliphatic hydroxyl groups excluding tert-OH is 6. The Labute approximate surface area is 419 Å². The fourth-order valence-corrected chi connectivity index (χ4v) is 9.91. The van der Waals surface area contributed by atoms with Gasteiger partial charge in [-0.2, -0.15) is 0 Å². The van der Waals surface area contributed by atoms with Crippen LogP contribution in [0.15, 0.2) is 0 Å². The van der Waals surface area contributed by atoms with Gasteiger partial charge >= 0.3 is 11.9 Å². The van der Waals surface area contributed by atoms with Gasteiger partial charge in [0.1, 0.15) is 43.2 Å². The predicted octanol–water partition coefficient (Wildman–Crippen LogP) is 11.3. The maximum absolute atomic E-state index is 13.3. The summed E-state index contributed by atoms with van der Waals surface area (Å²) in [5.41, 5.74) is 0. The SMILES string of the molecule is CCCCCCCCCCCCCCCCCCCCCC(=O)OC[C@@]1(O[C@H]2O[C@H](CO)[C@@H](O)[C@H](O)[C@H]2O)O[C@H](CO)[C@@H](O)[C@@H]1OC(=O)CCCCCCCCCCCCCCCCCCCCC. The number of carbonyl (C=O) groups excluding carboxylic acids is 2. The van der Waals surface area contributed by atoms with Crippen LogP contribution in [0.3, 0.4) is 0 Å². The van der Waals surface area contributed by atoms with Crippen LogP contribution in [-0.4, -0.2) is 117 Å². The smallest absolute Gasteiger partial charge is 0.306 e. The molecule has 69 heavy (non-hydrogen) atoms. The van der Waals surface area contributed by atoms with Gasteiger partial charge in [0.2, 0.25) is 5.79 Å². The van der Waals surface area contributed by atoms with Crippen molar-refractivity contribution >= 4 is 11.9 Å². The molecule has 0 unspecified atom stereocenters. The van der Waals surface area contributed by atoms with Gasteiger partial charge in [-0.3, -0.25) is 9.59 Å². The van der Waals surface area contributed by atoms with Gasteiger partial charge < -0.3 is 54.3 Å². The van der Waals surface area contributed by atoms with E-state index in [1.54, 1.807) is 0 Å². The Morgan fingerprint density at radius 3 is 1.10 bits per heavy atom. The lowest BCUT2D eigenvalue weighted by Crippen LogP contribution is -2.63. The van der Waals surface area contributed by atoms with Crippen LogP contribution in [0.5, 0.6) is 0 Å². The fourth-order valence-electron chi connectivity index (χ4n) is 9.91. The van der Waals surface area contributed by atoms with Gasteiger partial charge in [-0.15, -0.1) is 0 Å². The van der Waals surface area contributed by atoms with Crippen molar-refractivity contribution in [2.24, 2.45) is 0 Å². The first-order valence-electron chi connectivity index (χ1n) is 28.9. The molecule has 13 heteroatoms. The van der Waals surface area contributed by atoms with Crippen LogP contribution in [0.25, 0.3) is 0 Å². The van der Waals surface area contributed by atoms with E-state index in [1.807, 2.05) is 0 Å². The first-order chi connectivity index (χ1) is 33.6. The van der Waals surface area contributed by atoms with Gasteiger partial charge in [0.15, 0.2) is 12.4 Å². The molecule has 0 aromatic rings. The first kappa shape index (κ1) is 63.7. The van der Waals surface area contributed by atoms with Crippen molar-refractivity contribution in [1.29, 1.82) is 0 Å². The van der Waals surface area contributed by atoms with Gasteiger partial charge in [-0.1, -0.05) is 245 Å². The first-order valence-corrected chi connectivity index (χ1v) is 28.9. The Bertz CT molecular complexity index is 1210. The van der Waals surface area contributed by atoms with Crippen molar-refractivity contribution < 1.29 is 63.9 Å². The molecule has 2 rings (SSSR count). The van der Waals surface area contributed by atoms with Gasteiger partial charge in [0.05, 0.1) is 13.2 Å². The molecule has 0 aromatic heterocycles. The van der Waals surface area contributed by atoms with E-state index >= 15 is 0 Å². The Balaban J connectivity index is 1.74. The van der Waals surface area contributed by atoms with E-state index in [2.05, 4.69) is 13.8 Å². The molecule has 2 aliphatic heterocycles. The Kier molecular flexibility index (Phi) is 38.8. The van der Waals surface area contributed by atoms with E-state index in [1.165, 1.54) is 186 Å². The highest BCUT2D eigenvalue weighted by Crippen LogP contribution is 2.39. The molecule has 6 N–H and O–H groups in total. The summed E-state index contributed by atoms with van der Waals surface area (Å²) in [5.74, 6) is -3.51. The zero-order valence-electron chi connectivity index (χ0n) is 44.1. The fraction of sp³-hybridized carbons (Fsp3) is 0.964. The Morgan fingerprint density at radius 1 is 0.420 bits per heavy atom. The molecule has 0 spiro atoms. The highest BCUT2D eigenvalue weighted by molar-refractivity contribution is 5.70. The Hall–Kier alpha value is -1.42. The van der Waals surface area contributed by atoms with E-state index in [0.29, 0.717) is 12.8 Å². The molecule has 2 aliphatic rings. The van der Waals surface area contributed by atoms with Gasteiger partial charge in [0, 0.05) is 12.8 Å². The summed E-state index contributed by atoms with van der Waals surface area (Å²) < 4.78 is 29.0. The molecule has 2 fully saturated rings. The molecule has 9 atom stereocenters. The quantitative estimate of drug-likeness (QED) is 0.0249. The van der Waals surface area contributed by atoms with E-state index < -0.39 is 86.6 Å². The molecule has 0 aliphatic carbocycles. The lowest BCUT2D eigenvalue weighted by Gasteiger charge is -2.43. The second kappa shape index (κ2) is 42.0. The zero-order chi connectivity index (χ0) is 50.2. The van der Waals surface area contributed by atoms with Crippen molar-refractivity contribution in [2.45, 2.75) is 325 Å². The summed E-state index contributed by atoms with van der Waals surface area (Å²) in [6.45, 7) is 2.39. The summed E-state index contributed by atoms with van der Waals surface area (Å²) in [6, 6.07) is 0. The summed E-state index contributed by atoms with van der Waals surface area (Å²) in [6.07, 6.45) is 34.0.